The molecule has 71 heavy (non-hydrogen) atoms. The summed E-state index contributed by atoms with van der Waals surface area (Å²) in [6, 6.07) is 35.3. The minimum Gasteiger partial charge on any atom is -0.365 e. The standard InChI is InChI=1S/C64H79N5O2/c1-62(2)54-32-18-21-35-57(54)66(5)59(62)37-12-7-6-8-13-38-60-63(3,4)55-33-19-22-36-58(55)69(60)45-26-11-14-39-61(70)65-42-24-9-10-25-44-68-48-50(52-30-16-20-34-56(52)68)28-23-27-43-67-46-40-64(41-47-67)53-31-17-15-29-51(53)49-71-64/h6-8,12-13,15-22,29-38,48H,9-11,14,23-28,39-47,49H2,1-5H3/p+1. The first-order valence-electron chi connectivity index (χ1n) is 27.1. The van der Waals surface area contributed by atoms with Crippen LogP contribution in [0.3, 0.4) is 0 Å². The van der Waals surface area contributed by atoms with Gasteiger partial charge in [-0.15, -0.1) is 0 Å². The molecule has 0 aliphatic carbocycles. The molecule has 0 atom stereocenters. The van der Waals surface area contributed by atoms with Crippen LogP contribution in [0.5, 0.6) is 0 Å². The van der Waals surface area contributed by atoms with Crippen molar-refractivity contribution in [2.75, 3.05) is 44.7 Å². The maximum Gasteiger partial charge on any atom is 0.219 e. The Hall–Kier alpha value is -5.76. The topological polar surface area (TPSA) is 52.8 Å². The van der Waals surface area contributed by atoms with E-state index >= 15 is 0 Å². The number of carbonyl (C=O) groups is 1. The van der Waals surface area contributed by atoms with Crippen LogP contribution in [0.4, 0.5) is 11.4 Å². The fraction of sp³-hybridized carbons (Fsp3) is 0.438. The van der Waals surface area contributed by atoms with E-state index in [1.165, 1.54) is 87.3 Å². The van der Waals surface area contributed by atoms with E-state index in [-0.39, 0.29) is 22.3 Å². The number of anilines is 1. The molecule has 1 spiro atoms. The lowest BCUT2D eigenvalue weighted by atomic mass is 9.81. The Morgan fingerprint density at radius 2 is 1.35 bits per heavy atom. The molecule has 0 bridgehead atoms. The number of nitrogens with zero attached hydrogens (tertiary/aromatic N) is 4. The SMILES string of the molecule is C[N+]1=C(C=CC=CC=CC=C2N(CCCCCC(=O)NCCCCCCn3cc(CCCCN4CCC5(CC4)OCc4ccccc45)c4ccccc43)c3ccccc3C2(C)C)C(C)(C)c2ccccc21. The summed E-state index contributed by atoms with van der Waals surface area (Å²) < 4.78 is 11.2. The van der Waals surface area contributed by atoms with Crippen molar-refractivity contribution >= 4 is 33.9 Å². The number of para-hydroxylation sites is 3. The molecule has 372 valence electrons. The zero-order chi connectivity index (χ0) is 49.3. The van der Waals surface area contributed by atoms with Gasteiger partial charge in [0.05, 0.1) is 17.6 Å². The lowest BCUT2D eigenvalue weighted by molar-refractivity contribution is -0.401. The molecule has 4 aromatic carbocycles. The van der Waals surface area contributed by atoms with E-state index in [2.05, 4.69) is 205 Å². The first kappa shape index (κ1) is 50.2. The molecule has 7 heteroatoms. The number of likely N-dealkylation sites (tertiary alicyclic amines) is 1. The summed E-state index contributed by atoms with van der Waals surface area (Å²) in [7, 11) is 2.16. The van der Waals surface area contributed by atoms with Gasteiger partial charge in [0, 0.05) is 90.7 Å². The fourth-order valence-electron chi connectivity index (χ4n) is 12.3. The molecule has 4 aliphatic rings. The van der Waals surface area contributed by atoms with Crippen molar-refractivity contribution < 1.29 is 14.1 Å². The first-order chi connectivity index (χ1) is 34.6. The van der Waals surface area contributed by atoms with E-state index in [9.17, 15) is 4.79 Å². The van der Waals surface area contributed by atoms with Crippen molar-refractivity contribution in [1.29, 1.82) is 0 Å². The minimum absolute atomic E-state index is 0.0256. The van der Waals surface area contributed by atoms with Crippen LogP contribution < -0.4 is 10.2 Å². The number of fused-ring (bicyclic) bond motifs is 5. The second kappa shape index (κ2) is 22.8. The monoisotopic (exact) mass is 951 g/mol. The number of ether oxygens (including phenoxy) is 1. The molecule has 1 fully saturated rings. The zero-order valence-corrected chi connectivity index (χ0v) is 43.6. The number of allylic oxidation sites excluding steroid dienone is 8. The normalized spacial score (nSPS) is 18.5. The van der Waals surface area contributed by atoms with Gasteiger partial charge in [-0.05, 0) is 119 Å². The Morgan fingerprint density at radius 1 is 0.676 bits per heavy atom. The van der Waals surface area contributed by atoms with Crippen molar-refractivity contribution in [2.45, 2.75) is 141 Å². The van der Waals surface area contributed by atoms with Gasteiger partial charge in [-0.3, -0.25) is 4.79 Å². The summed E-state index contributed by atoms with van der Waals surface area (Å²) in [6.45, 7) is 16.2. The van der Waals surface area contributed by atoms with Gasteiger partial charge >= 0.3 is 0 Å². The average molecular weight is 951 g/mol. The second-order valence-corrected chi connectivity index (χ2v) is 21.7. The Morgan fingerprint density at radius 3 is 2.20 bits per heavy atom. The molecule has 0 saturated carbocycles. The van der Waals surface area contributed by atoms with Crippen molar-refractivity contribution in [2.24, 2.45) is 0 Å². The average Bonchev–Trinajstić information content (AvgIpc) is 4.05. The number of benzene rings is 4. The lowest BCUT2D eigenvalue weighted by Crippen LogP contribution is -2.42. The lowest BCUT2D eigenvalue weighted by Gasteiger charge is -2.39. The Kier molecular flexibility index (Phi) is 16.1. The van der Waals surface area contributed by atoms with E-state index in [4.69, 9.17) is 4.74 Å². The van der Waals surface area contributed by atoms with Crippen molar-refractivity contribution in [3.63, 3.8) is 0 Å². The number of aromatic nitrogens is 1. The highest BCUT2D eigenvalue weighted by molar-refractivity contribution is 6.03. The van der Waals surface area contributed by atoms with Crippen LogP contribution in [-0.2, 0) is 45.5 Å². The number of hydrogen-bond acceptors (Lipinski definition) is 4. The molecule has 5 aromatic rings. The van der Waals surface area contributed by atoms with E-state index in [0.717, 1.165) is 97.1 Å². The third-order valence-electron chi connectivity index (χ3n) is 16.3. The molecule has 4 aliphatic heterocycles. The minimum atomic E-state index is -0.0896. The van der Waals surface area contributed by atoms with Gasteiger partial charge in [0.25, 0.3) is 0 Å². The number of amides is 1. The Labute approximate surface area is 425 Å². The number of nitrogens with one attached hydrogen (secondary N) is 1. The second-order valence-electron chi connectivity index (χ2n) is 21.7. The van der Waals surface area contributed by atoms with Crippen LogP contribution in [-0.4, -0.2) is 65.4 Å². The van der Waals surface area contributed by atoms with Gasteiger partial charge < -0.3 is 24.4 Å². The third-order valence-corrected chi connectivity index (χ3v) is 16.3. The molecule has 1 amide bonds. The molecular formula is C64H80N5O2+. The van der Waals surface area contributed by atoms with Crippen LogP contribution >= 0.6 is 0 Å². The molecule has 1 N–H and O–H groups in total. The van der Waals surface area contributed by atoms with E-state index < -0.39 is 0 Å². The summed E-state index contributed by atoms with van der Waals surface area (Å²) in [6.07, 6.45) is 31.5. The Bertz CT molecular complexity index is 2790. The maximum atomic E-state index is 12.8. The zero-order valence-electron chi connectivity index (χ0n) is 43.6. The van der Waals surface area contributed by atoms with Gasteiger partial charge in [-0.1, -0.05) is 142 Å². The number of piperidine rings is 1. The quantitative estimate of drug-likeness (QED) is 0.0427. The van der Waals surface area contributed by atoms with E-state index in [1.807, 2.05) is 0 Å². The molecule has 9 rings (SSSR count). The van der Waals surface area contributed by atoms with Crippen molar-refractivity contribution in [3.8, 4) is 0 Å². The van der Waals surface area contributed by atoms with Gasteiger partial charge in [0.1, 0.15) is 7.05 Å². The van der Waals surface area contributed by atoms with Crippen LogP contribution in [0.25, 0.3) is 10.9 Å². The molecular weight excluding hydrogens is 871 g/mol. The van der Waals surface area contributed by atoms with Crippen LogP contribution in [0.15, 0.2) is 151 Å². The largest absolute Gasteiger partial charge is 0.365 e. The highest BCUT2D eigenvalue weighted by atomic mass is 16.5. The first-order valence-corrected chi connectivity index (χ1v) is 27.1. The van der Waals surface area contributed by atoms with Crippen molar-refractivity contribution in [1.82, 2.24) is 14.8 Å². The maximum absolute atomic E-state index is 12.8. The van der Waals surface area contributed by atoms with Crippen LogP contribution in [0.1, 0.15) is 133 Å². The van der Waals surface area contributed by atoms with Gasteiger partial charge in [0.2, 0.25) is 11.6 Å². The molecule has 7 nitrogen and oxygen atoms in total. The van der Waals surface area contributed by atoms with Gasteiger partial charge in [-0.2, -0.15) is 4.58 Å². The molecule has 1 saturated heterocycles. The van der Waals surface area contributed by atoms with Crippen LogP contribution in [0, 0.1) is 0 Å². The van der Waals surface area contributed by atoms with E-state index in [0.29, 0.717) is 6.42 Å². The summed E-state index contributed by atoms with van der Waals surface area (Å²) in [4.78, 5) is 18.0. The summed E-state index contributed by atoms with van der Waals surface area (Å²) in [5, 5.41) is 4.63. The van der Waals surface area contributed by atoms with E-state index in [1.54, 1.807) is 0 Å². The van der Waals surface area contributed by atoms with Gasteiger partial charge in [-0.25, -0.2) is 0 Å². The molecule has 5 heterocycles. The number of rotatable bonds is 22. The third kappa shape index (κ3) is 11.2. The number of unbranched alkanes of at least 4 members (excludes halogenated alkanes) is 6. The predicted molar refractivity (Wildman–Crippen MR) is 296 cm³/mol. The van der Waals surface area contributed by atoms with Crippen LogP contribution in [0.2, 0.25) is 0 Å². The predicted octanol–water partition coefficient (Wildman–Crippen LogP) is 13.8. The molecule has 0 radical (unpaired) electrons. The van der Waals surface area contributed by atoms with Gasteiger partial charge in [0.15, 0.2) is 5.71 Å². The number of aryl methyl sites for hydroxylation is 2. The summed E-state index contributed by atoms with van der Waals surface area (Å²) in [5.41, 5.74) is 13.5. The summed E-state index contributed by atoms with van der Waals surface area (Å²) in [5.74, 6) is 0.189. The smallest absolute Gasteiger partial charge is 0.219 e. The number of carbonyl (C=O) groups excluding carboxylic acids is 1. The molecule has 1 aromatic heterocycles. The Balaban J connectivity index is 0.649. The fourth-order valence-corrected chi connectivity index (χ4v) is 12.3. The highest BCUT2D eigenvalue weighted by Crippen LogP contribution is 2.48. The summed E-state index contributed by atoms with van der Waals surface area (Å²) >= 11 is 0. The number of hydrogen-bond donors (Lipinski definition) is 1. The van der Waals surface area contributed by atoms with Crippen molar-refractivity contribution in [3.05, 3.63) is 179 Å². The molecule has 0 unspecified atom stereocenters. The highest BCUT2D eigenvalue weighted by Gasteiger charge is 2.44.